The van der Waals surface area contributed by atoms with Crippen molar-refractivity contribution in [1.29, 1.82) is 0 Å². The molecule has 0 aliphatic rings. The molecule has 0 fully saturated rings. The van der Waals surface area contributed by atoms with Crippen LogP contribution in [0.4, 0.5) is 5.69 Å². The van der Waals surface area contributed by atoms with Crippen LogP contribution in [0.3, 0.4) is 0 Å². The minimum atomic E-state index is -0.879. The summed E-state index contributed by atoms with van der Waals surface area (Å²) < 4.78 is 6.16. The van der Waals surface area contributed by atoms with Gasteiger partial charge in [0.25, 0.3) is 5.91 Å². The number of amides is 1. The number of hydrogen-bond acceptors (Lipinski definition) is 5. The Labute approximate surface area is 127 Å². The van der Waals surface area contributed by atoms with E-state index in [-0.39, 0.29) is 0 Å². The standard InChI is InChI=1S/C15H18N2O3S/c1-4-11(14(16)18)20-15(19)13-8-9-10(17(2)3)6-5-7-12(9)21-13/h5-8,11H,4H2,1-3H3,(H2,16,18). The summed E-state index contributed by atoms with van der Waals surface area (Å²) in [6.07, 6.45) is -0.509. The van der Waals surface area contributed by atoms with Crippen molar-refractivity contribution in [1.82, 2.24) is 0 Å². The van der Waals surface area contributed by atoms with Crippen LogP contribution in [-0.4, -0.2) is 32.1 Å². The molecule has 0 bridgehead atoms. The molecule has 6 heteroatoms. The molecule has 2 rings (SSSR count). The Morgan fingerprint density at radius 3 is 2.67 bits per heavy atom. The summed E-state index contributed by atoms with van der Waals surface area (Å²) in [5, 5.41) is 0.992. The van der Waals surface area contributed by atoms with Crippen LogP contribution in [0.1, 0.15) is 23.0 Å². The number of anilines is 1. The fourth-order valence-electron chi connectivity index (χ4n) is 2.07. The first kappa shape index (κ1) is 15.3. The Hall–Kier alpha value is -2.08. The first-order chi connectivity index (χ1) is 9.93. The third kappa shape index (κ3) is 3.16. The Bertz CT molecular complexity index is 679. The molecule has 0 aliphatic heterocycles. The lowest BCUT2D eigenvalue weighted by atomic mass is 10.2. The molecule has 1 unspecified atom stereocenters. The van der Waals surface area contributed by atoms with Crippen LogP contribution < -0.4 is 10.6 Å². The summed E-state index contributed by atoms with van der Waals surface area (Å²) in [5.41, 5.74) is 6.23. The highest BCUT2D eigenvalue weighted by Crippen LogP contribution is 2.33. The van der Waals surface area contributed by atoms with E-state index in [9.17, 15) is 9.59 Å². The van der Waals surface area contributed by atoms with E-state index in [1.807, 2.05) is 37.2 Å². The average Bonchev–Trinajstić information content (AvgIpc) is 2.87. The SMILES string of the molecule is CCC(OC(=O)c1cc2c(N(C)C)cccc2s1)C(N)=O. The Balaban J connectivity index is 2.33. The van der Waals surface area contributed by atoms with Crippen molar-refractivity contribution in [3.63, 3.8) is 0 Å². The molecule has 5 nitrogen and oxygen atoms in total. The number of rotatable bonds is 5. The molecule has 1 aromatic heterocycles. The van der Waals surface area contributed by atoms with E-state index >= 15 is 0 Å². The number of esters is 1. The molecule has 112 valence electrons. The molecule has 0 saturated heterocycles. The van der Waals surface area contributed by atoms with E-state index in [1.165, 1.54) is 11.3 Å². The van der Waals surface area contributed by atoms with Crippen LogP contribution in [0, 0.1) is 0 Å². The van der Waals surface area contributed by atoms with Crippen LogP contribution in [0.25, 0.3) is 10.1 Å². The highest BCUT2D eigenvalue weighted by Gasteiger charge is 2.21. The normalized spacial score (nSPS) is 12.1. The average molecular weight is 306 g/mol. The van der Waals surface area contributed by atoms with Crippen LogP contribution in [0.2, 0.25) is 0 Å². The first-order valence-corrected chi connectivity index (χ1v) is 7.45. The largest absolute Gasteiger partial charge is 0.448 e. The lowest BCUT2D eigenvalue weighted by Crippen LogP contribution is -2.32. The monoisotopic (exact) mass is 306 g/mol. The molecule has 0 radical (unpaired) electrons. The molecule has 0 saturated carbocycles. The first-order valence-electron chi connectivity index (χ1n) is 6.64. The van der Waals surface area contributed by atoms with Crippen molar-refractivity contribution in [2.45, 2.75) is 19.4 Å². The second kappa shape index (κ2) is 6.13. The van der Waals surface area contributed by atoms with Gasteiger partial charge in [-0.05, 0) is 24.6 Å². The van der Waals surface area contributed by atoms with Crippen molar-refractivity contribution < 1.29 is 14.3 Å². The van der Waals surface area contributed by atoms with Gasteiger partial charge >= 0.3 is 5.97 Å². The summed E-state index contributed by atoms with van der Waals surface area (Å²) in [5.74, 6) is -1.13. The van der Waals surface area contributed by atoms with E-state index in [2.05, 4.69) is 0 Å². The number of hydrogen-bond donors (Lipinski definition) is 1. The number of nitrogens with two attached hydrogens (primary N) is 1. The summed E-state index contributed by atoms with van der Waals surface area (Å²) in [7, 11) is 3.90. The van der Waals surface area contributed by atoms with E-state index < -0.39 is 18.0 Å². The third-order valence-corrected chi connectivity index (χ3v) is 4.24. The zero-order valence-electron chi connectivity index (χ0n) is 12.3. The van der Waals surface area contributed by atoms with Crippen molar-refractivity contribution in [2.75, 3.05) is 19.0 Å². The molecular formula is C15H18N2O3S. The van der Waals surface area contributed by atoms with Crippen molar-refractivity contribution >= 4 is 39.0 Å². The van der Waals surface area contributed by atoms with Gasteiger partial charge in [0, 0.05) is 29.9 Å². The summed E-state index contributed by atoms with van der Waals surface area (Å²) >= 11 is 1.35. The van der Waals surface area contributed by atoms with Crippen LogP contribution in [0.15, 0.2) is 24.3 Å². The van der Waals surface area contributed by atoms with Crippen molar-refractivity contribution in [3.05, 3.63) is 29.1 Å². The molecular weight excluding hydrogens is 288 g/mol. The molecule has 1 atom stereocenters. The van der Waals surface area contributed by atoms with Gasteiger partial charge in [-0.15, -0.1) is 11.3 Å². The highest BCUT2D eigenvalue weighted by atomic mass is 32.1. The van der Waals surface area contributed by atoms with Gasteiger partial charge in [-0.2, -0.15) is 0 Å². The van der Waals surface area contributed by atoms with Crippen molar-refractivity contribution in [3.8, 4) is 0 Å². The van der Waals surface area contributed by atoms with E-state index in [1.54, 1.807) is 13.0 Å². The van der Waals surface area contributed by atoms with E-state index in [4.69, 9.17) is 10.5 Å². The fourth-order valence-corrected chi connectivity index (χ4v) is 3.03. The zero-order valence-corrected chi connectivity index (χ0v) is 13.1. The smallest absolute Gasteiger partial charge is 0.349 e. The second-order valence-corrected chi connectivity index (χ2v) is 5.98. The number of benzene rings is 1. The van der Waals surface area contributed by atoms with Gasteiger partial charge in [-0.25, -0.2) is 4.79 Å². The molecule has 1 aromatic carbocycles. The summed E-state index contributed by atoms with van der Waals surface area (Å²) in [6, 6.07) is 7.69. The maximum atomic E-state index is 12.1. The Morgan fingerprint density at radius 2 is 2.10 bits per heavy atom. The van der Waals surface area contributed by atoms with Gasteiger partial charge in [0.15, 0.2) is 6.10 Å². The fraction of sp³-hybridized carbons (Fsp3) is 0.333. The molecule has 21 heavy (non-hydrogen) atoms. The van der Waals surface area contributed by atoms with E-state index in [0.29, 0.717) is 11.3 Å². The van der Waals surface area contributed by atoms with Gasteiger partial charge in [0.05, 0.1) is 0 Å². The van der Waals surface area contributed by atoms with Gasteiger partial charge < -0.3 is 15.4 Å². The van der Waals surface area contributed by atoms with E-state index in [0.717, 1.165) is 15.8 Å². The van der Waals surface area contributed by atoms with Gasteiger partial charge in [-0.1, -0.05) is 13.0 Å². The zero-order chi connectivity index (χ0) is 15.6. The van der Waals surface area contributed by atoms with Gasteiger partial charge in [0.1, 0.15) is 4.88 Å². The predicted octanol–water partition coefficient (Wildman–Crippen LogP) is 2.39. The predicted molar refractivity (Wildman–Crippen MR) is 84.8 cm³/mol. The second-order valence-electron chi connectivity index (χ2n) is 4.90. The molecule has 2 N–H and O–H groups in total. The molecule has 1 heterocycles. The molecule has 2 aromatic rings. The topological polar surface area (TPSA) is 72.6 Å². The number of ether oxygens (including phenoxy) is 1. The number of nitrogens with zero attached hydrogens (tertiary/aromatic N) is 1. The molecule has 0 aliphatic carbocycles. The van der Waals surface area contributed by atoms with Crippen LogP contribution in [0.5, 0.6) is 0 Å². The lowest BCUT2D eigenvalue weighted by molar-refractivity contribution is -0.126. The van der Waals surface area contributed by atoms with Crippen LogP contribution >= 0.6 is 11.3 Å². The minimum Gasteiger partial charge on any atom is -0.448 e. The maximum absolute atomic E-state index is 12.1. The summed E-state index contributed by atoms with van der Waals surface area (Å²) in [6.45, 7) is 1.75. The number of carbonyl (C=O) groups excluding carboxylic acids is 2. The highest BCUT2D eigenvalue weighted by molar-refractivity contribution is 7.20. The summed E-state index contributed by atoms with van der Waals surface area (Å²) in [4.78, 5) is 25.8. The Morgan fingerprint density at radius 1 is 1.38 bits per heavy atom. The van der Waals surface area contributed by atoms with Gasteiger partial charge in [-0.3, -0.25) is 4.79 Å². The third-order valence-electron chi connectivity index (χ3n) is 3.16. The number of carbonyl (C=O) groups is 2. The maximum Gasteiger partial charge on any atom is 0.349 e. The quantitative estimate of drug-likeness (QED) is 0.861. The number of primary amides is 1. The van der Waals surface area contributed by atoms with Crippen LogP contribution in [-0.2, 0) is 9.53 Å². The molecule has 1 amide bonds. The van der Waals surface area contributed by atoms with Crippen molar-refractivity contribution in [2.24, 2.45) is 5.73 Å². The minimum absolute atomic E-state index is 0.370. The number of fused-ring (bicyclic) bond motifs is 1. The lowest BCUT2D eigenvalue weighted by Gasteiger charge is -2.13. The molecule has 0 spiro atoms. The van der Waals surface area contributed by atoms with Gasteiger partial charge in [0.2, 0.25) is 0 Å². The Kier molecular flexibility index (Phi) is 4.47. The number of thiophene rings is 1.